The molecule has 0 radical (unpaired) electrons. The predicted molar refractivity (Wildman–Crippen MR) is 116 cm³/mol. The second-order valence-electron chi connectivity index (χ2n) is 6.90. The van der Waals surface area contributed by atoms with Crippen molar-refractivity contribution < 1.29 is 9.15 Å². The number of nitrogens with zero attached hydrogens (tertiary/aromatic N) is 1. The Bertz CT molecular complexity index is 1340. The molecule has 0 atom stereocenters. The molecular weight excluding hydrogens is 376 g/mol. The quantitative estimate of drug-likeness (QED) is 0.432. The lowest BCUT2D eigenvalue weighted by Crippen LogP contribution is -2.03. The van der Waals surface area contributed by atoms with Crippen molar-refractivity contribution in [3.63, 3.8) is 0 Å². The summed E-state index contributed by atoms with van der Waals surface area (Å²) in [6.07, 6.45) is 1.66. The lowest BCUT2D eigenvalue weighted by Gasteiger charge is -2.13. The van der Waals surface area contributed by atoms with Gasteiger partial charge < -0.3 is 9.15 Å². The number of hydrogen-bond donors (Lipinski definition) is 1. The van der Waals surface area contributed by atoms with Gasteiger partial charge in [-0.1, -0.05) is 60.7 Å². The Morgan fingerprint density at radius 2 is 1.67 bits per heavy atom. The zero-order valence-corrected chi connectivity index (χ0v) is 16.0. The summed E-state index contributed by atoms with van der Waals surface area (Å²) in [6.45, 7) is 0.399. The fourth-order valence-corrected chi connectivity index (χ4v) is 3.45. The molecule has 1 N–H and O–H groups in total. The highest BCUT2D eigenvalue weighted by Gasteiger charge is 2.18. The zero-order valence-electron chi connectivity index (χ0n) is 16.0. The fourth-order valence-electron chi connectivity index (χ4n) is 3.45. The summed E-state index contributed by atoms with van der Waals surface area (Å²) in [6, 6.07) is 26.4. The molecule has 0 bridgehead atoms. The van der Waals surface area contributed by atoms with Crippen LogP contribution in [-0.2, 0) is 6.61 Å². The number of benzene rings is 3. The predicted octanol–water partition coefficient (Wildman–Crippen LogP) is 5.43. The molecule has 3 aromatic carbocycles. The third-order valence-electron chi connectivity index (χ3n) is 4.92. The number of aromatic nitrogens is 2. The first kappa shape index (κ1) is 17.9. The Labute approximate surface area is 172 Å². The van der Waals surface area contributed by atoms with E-state index in [0.29, 0.717) is 34.6 Å². The van der Waals surface area contributed by atoms with E-state index in [9.17, 15) is 4.79 Å². The van der Waals surface area contributed by atoms with E-state index in [1.807, 2.05) is 66.7 Å². The molecule has 0 unspecified atom stereocenters. The molecule has 5 nitrogen and oxygen atoms in total. The average Bonchev–Trinajstić information content (AvgIpc) is 3.33. The van der Waals surface area contributed by atoms with Crippen LogP contribution in [0, 0.1) is 0 Å². The Morgan fingerprint density at radius 1 is 0.900 bits per heavy atom. The standard InChI is InChI=1S/C25H18N2O3/c28-21-15-23(18-9-5-2-6-10-18)30-25-19(21)11-12-22(24(25)20-13-14-26-27-20)29-16-17-7-3-1-4-8-17/h1-15H,16H2,(H,26,27). The number of rotatable bonds is 5. The maximum Gasteiger partial charge on any atom is 0.193 e. The first-order chi connectivity index (χ1) is 14.8. The van der Waals surface area contributed by atoms with Crippen LogP contribution in [0.3, 0.4) is 0 Å². The number of ether oxygens (including phenoxy) is 1. The number of fused-ring (bicyclic) bond motifs is 1. The van der Waals surface area contributed by atoms with Crippen molar-refractivity contribution in [2.45, 2.75) is 6.61 Å². The van der Waals surface area contributed by atoms with Gasteiger partial charge >= 0.3 is 0 Å². The molecule has 0 aliphatic carbocycles. The molecule has 5 heteroatoms. The summed E-state index contributed by atoms with van der Waals surface area (Å²) < 4.78 is 12.4. The van der Waals surface area contributed by atoms with Gasteiger partial charge in [-0.15, -0.1) is 0 Å². The Balaban J connectivity index is 1.69. The van der Waals surface area contributed by atoms with Crippen LogP contribution in [0.1, 0.15) is 5.56 Å². The lowest BCUT2D eigenvalue weighted by molar-refractivity contribution is 0.307. The summed E-state index contributed by atoms with van der Waals surface area (Å²) >= 11 is 0. The van der Waals surface area contributed by atoms with E-state index in [1.54, 1.807) is 18.3 Å². The number of nitrogens with one attached hydrogen (secondary N) is 1. The summed E-state index contributed by atoms with van der Waals surface area (Å²) in [5, 5.41) is 7.53. The molecule has 5 aromatic rings. The van der Waals surface area contributed by atoms with Crippen LogP contribution < -0.4 is 10.2 Å². The van der Waals surface area contributed by atoms with Crippen molar-refractivity contribution in [3.05, 3.63) is 107 Å². The molecule has 2 heterocycles. The largest absolute Gasteiger partial charge is 0.488 e. The first-order valence-electron chi connectivity index (χ1n) is 9.62. The van der Waals surface area contributed by atoms with Crippen LogP contribution in [0.4, 0.5) is 0 Å². The van der Waals surface area contributed by atoms with E-state index in [0.717, 1.165) is 16.8 Å². The van der Waals surface area contributed by atoms with Gasteiger partial charge in [-0.05, 0) is 23.8 Å². The monoisotopic (exact) mass is 394 g/mol. The van der Waals surface area contributed by atoms with Crippen LogP contribution in [0.25, 0.3) is 33.6 Å². The Morgan fingerprint density at radius 3 is 2.40 bits per heavy atom. The Kier molecular flexibility index (Phi) is 4.62. The topological polar surface area (TPSA) is 68.1 Å². The summed E-state index contributed by atoms with van der Waals surface area (Å²) in [4.78, 5) is 12.9. The maximum absolute atomic E-state index is 12.9. The minimum absolute atomic E-state index is 0.106. The molecule has 146 valence electrons. The minimum Gasteiger partial charge on any atom is -0.488 e. The Hall–Kier alpha value is -4.12. The average molecular weight is 394 g/mol. The molecular formula is C25H18N2O3. The van der Waals surface area contributed by atoms with Gasteiger partial charge in [0.25, 0.3) is 0 Å². The van der Waals surface area contributed by atoms with Gasteiger partial charge in [0.15, 0.2) is 11.0 Å². The van der Waals surface area contributed by atoms with Crippen LogP contribution >= 0.6 is 0 Å². The van der Waals surface area contributed by atoms with E-state index >= 15 is 0 Å². The van der Waals surface area contributed by atoms with Gasteiger partial charge in [0.1, 0.15) is 18.1 Å². The highest BCUT2D eigenvalue weighted by molar-refractivity contribution is 5.95. The van der Waals surface area contributed by atoms with E-state index in [1.165, 1.54) is 6.07 Å². The van der Waals surface area contributed by atoms with Gasteiger partial charge in [-0.25, -0.2) is 0 Å². The van der Waals surface area contributed by atoms with Gasteiger partial charge in [-0.3, -0.25) is 9.89 Å². The van der Waals surface area contributed by atoms with Crippen molar-refractivity contribution in [3.8, 4) is 28.3 Å². The second-order valence-corrected chi connectivity index (χ2v) is 6.90. The molecule has 0 aliphatic heterocycles. The summed E-state index contributed by atoms with van der Waals surface area (Å²) in [5.41, 5.74) is 3.64. The fraction of sp³-hybridized carbons (Fsp3) is 0.0400. The minimum atomic E-state index is -0.106. The van der Waals surface area contributed by atoms with E-state index in [-0.39, 0.29) is 5.43 Å². The van der Waals surface area contributed by atoms with E-state index in [4.69, 9.17) is 9.15 Å². The smallest absolute Gasteiger partial charge is 0.193 e. The highest BCUT2D eigenvalue weighted by Crippen LogP contribution is 2.37. The van der Waals surface area contributed by atoms with Gasteiger partial charge in [0, 0.05) is 17.8 Å². The number of H-pyrrole nitrogens is 1. The summed E-state index contributed by atoms with van der Waals surface area (Å²) in [7, 11) is 0. The van der Waals surface area contributed by atoms with Crippen LogP contribution in [-0.4, -0.2) is 10.2 Å². The normalized spacial score (nSPS) is 10.9. The lowest BCUT2D eigenvalue weighted by atomic mass is 10.0. The van der Waals surface area contributed by atoms with E-state index < -0.39 is 0 Å². The molecule has 2 aromatic heterocycles. The second kappa shape index (κ2) is 7.72. The molecule has 5 rings (SSSR count). The van der Waals surface area contributed by atoms with E-state index in [2.05, 4.69) is 10.2 Å². The molecule has 0 amide bonds. The molecule has 0 spiro atoms. The number of hydrogen-bond acceptors (Lipinski definition) is 4. The molecule has 0 saturated carbocycles. The summed E-state index contributed by atoms with van der Waals surface area (Å²) in [5.74, 6) is 1.12. The maximum atomic E-state index is 12.9. The molecule has 30 heavy (non-hydrogen) atoms. The molecule has 0 aliphatic rings. The van der Waals surface area contributed by atoms with Crippen molar-refractivity contribution in [1.29, 1.82) is 0 Å². The van der Waals surface area contributed by atoms with Crippen LogP contribution in [0.2, 0.25) is 0 Å². The number of aromatic amines is 1. The third-order valence-corrected chi connectivity index (χ3v) is 4.92. The SMILES string of the molecule is O=c1cc(-c2ccccc2)oc2c(-c3ccn[nH]3)c(OCc3ccccc3)ccc12. The van der Waals surface area contributed by atoms with Crippen molar-refractivity contribution in [1.82, 2.24) is 10.2 Å². The van der Waals surface area contributed by atoms with Gasteiger partial charge in [0.2, 0.25) is 0 Å². The highest BCUT2D eigenvalue weighted by atomic mass is 16.5. The van der Waals surface area contributed by atoms with Crippen molar-refractivity contribution in [2.24, 2.45) is 0 Å². The molecule has 0 saturated heterocycles. The van der Waals surface area contributed by atoms with Crippen molar-refractivity contribution in [2.75, 3.05) is 0 Å². The first-order valence-corrected chi connectivity index (χ1v) is 9.62. The van der Waals surface area contributed by atoms with Crippen molar-refractivity contribution >= 4 is 11.0 Å². The van der Waals surface area contributed by atoms with Crippen LogP contribution in [0.5, 0.6) is 5.75 Å². The molecule has 0 fully saturated rings. The zero-order chi connectivity index (χ0) is 20.3. The third kappa shape index (κ3) is 3.37. The van der Waals surface area contributed by atoms with Gasteiger partial charge in [0.05, 0.1) is 16.6 Å². The van der Waals surface area contributed by atoms with Gasteiger partial charge in [-0.2, -0.15) is 5.10 Å². The van der Waals surface area contributed by atoms with Crippen LogP contribution in [0.15, 0.2) is 100 Å².